The molecule has 9 aliphatic heterocycles. The van der Waals surface area contributed by atoms with E-state index >= 15 is 0 Å². The van der Waals surface area contributed by atoms with Crippen molar-refractivity contribution in [3.8, 4) is 0 Å². The van der Waals surface area contributed by atoms with Crippen LogP contribution in [0.4, 0.5) is 0 Å². The van der Waals surface area contributed by atoms with E-state index in [0.717, 1.165) is 27.7 Å². The fraction of sp³-hybridized carbons (Fsp3) is 0.935. The van der Waals surface area contributed by atoms with Gasteiger partial charge in [0.05, 0.1) is 58.5 Å². The Morgan fingerprint density at radius 1 is 0.255 bits per heavy atom. The van der Waals surface area contributed by atoms with Gasteiger partial charge in [0.2, 0.25) is 23.6 Å². The third-order valence-corrected chi connectivity index (χ3v) is 20.3. The molecule has 48 nitrogen and oxygen atoms in total. The van der Waals surface area contributed by atoms with Crippen LogP contribution < -0.4 is 21.3 Å². The quantitative estimate of drug-likeness (QED) is 0.0363. The summed E-state index contributed by atoms with van der Waals surface area (Å²) >= 11 is 0. The Labute approximate surface area is 624 Å². The second-order valence-corrected chi connectivity index (χ2v) is 28.1. The molecule has 4 amide bonds. The van der Waals surface area contributed by atoms with Gasteiger partial charge in [0.25, 0.3) is 0 Å². The maximum Gasteiger partial charge on any atom is 0.217 e. The molecule has 0 aliphatic carbocycles. The molecule has 9 heterocycles. The molecular formula is C62H104N4O44. The van der Waals surface area contributed by atoms with E-state index in [9.17, 15) is 137 Å². The molecule has 636 valence electrons. The Balaban J connectivity index is 1.00. The highest BCUT2D eigenvalue weighted by Crippen LogP contribution is 2.41. The largest absolute Gasteiger partial charge is 0.394 e. The minimum Gasteiger partial charge on any atom is -0.394 e. The van der Waals surface area contributed by atoms with Gasteiger partial charge in [0.1, 0.15) is 207 Å². The van der Waals surface area contributed by atoms with Gasteiger partial charge in [-0.15, -0.1) is 0 Å². The van der Waals surface area contributed by atoms with E-state index in [1.165, 1.54) is 13.8 Å². The molecule has 0 radical (unpaired) electrons. The average molecular weight is 1610 g/mol. The van der Waals surface area contributed by atoms with Gasteiger partial charge >= 0.3 is 0 Å². The van der Waals surface area contributed by atoms with Crippen LogP contribution >= 0.6 is 0 Å². The number of ether oxygens (including phenoxy) is 17. The van der Waals surface area contributed by atoms with Crippen LogP contribution in [0.15, 0.2) is 0 Å². The molecule has 0 unspecified atom stereocenters. The van der Waals surface area contributed by atoms with Gasteiger partial charge < -0.3 is 219 Å². The number of aliphatic hydroxyl groups excluding tert-OH is 23. The number of carbonyl (C=O) groups excluding carboxylic acids is 4. The molecule has 45 atom stereocenters. The van der Waals surface area contributed by atoms with E-state index in [4.69, 9.17) is 80.5 Å². The highest BCUT2D eigenvalue weighted by Gasteiger charge is 2.61. The summed E-state index contributed by atoms with van der Waals surface area (Å²) in [6, 6.07) is -7.44. The summed E-state index contributed by atoms with van der Waals surface area (Å²) in [6.07, 6.45) is -81.8. The normalized spacial score (nSPS) is 49.6. The number of amides is 4. The van der Waals surface area contributed by atoms with Crippen LogP contribution in [0, 0.1) is 0 Å². The highest BCUT2D eigenvalue weighted by atomic mass is 16.8. The van der Waals surface area contributed by atoms with Gasteiger partial charge in [0.15, 0.2) is 56.6 Å². The zero-order valence-corrected chi connectivity index (χ0v) is 59.8. The van der Waals surface area contributed by atoms with Gasteiger partial charge in [0, 0.05) is 27.7 Å². The van der Waals surface area contributed by atoms with Crippen molar-refractivity contribution in [2.45, 2.75) is 318 Å². The number of carbonyl (C=O) groups is 4. The minimum atomic E-state index is -2.27. The number of nitrogens with one attached hydrogen (secondary N) is 4. The molecule has 0 aromatic heterocycles. The zero-order valence-electron chi connectivity index (χ0n) is 59.8. The number of hydrogen-bond donors (Lipinski definition) is 27. The van der Waals surface area contributed by atoms with Crippen molar-refractivity contribution in [3.05, 3.63) is 0 Å². The zero-order chi connectivity index (χ0) is 81.1. The maximum absolute atomic E-state index is 13.2. The summed E-state index contributed by atoms with van der Waals surface area (Å²) in [7, 11) is 0. The number of hydrogen-bond acceptors (Lipinski definition) is 44. The second-order valence-electron chi connectivity index (χ2n) is 28.1. The molecule has 27 N–H and O–H groups in total. The molecule has 0 saturated carbocycles. The highest BCUT2D eigenvalue weighted by molar-refractivity contribution is 5.74. The predicted molar refractivity (Wildman–Crippen MR) is 341 cm³/mol. The standard InChI is InChI=1S/C62H104N4O44/c1-14-31(77)41(87)44(90)58(95-14)109-52-50(108-57-29(65-18(5)75)40(86)47(25(12-72)103-57)104-60-46(92)43(89)34(80)21(8-68)99-60)35(81)22(9-69)100-61(52)105-48-24(11-71)102-55(28(39(48)85)64-17(4)74)94-13-26-37(83)49(30(54(93)97-26)66-19(6)76)106-62-53(110-59-45(91)42(88)32(78)15(2)96-59)51(36(82)23(10-70)101-62)107-56-27(63-16(3)73)38(84)33(79)20(7-67)98-56/h14-15,20-62,67-72,77-93H,7-13H2,1-6H3,(H,63,73)(H,64,74)(H,65,75)(H,66,76)/t14-,15-,20+,21+,22+,23+,24+,25+,26+,27+,28+,29+,30+,31+,32+,33+,34-,35-,36-,37-,38+,39+,40+,41+,42+,43-,44-,45-,46+,47+,48+,49+,50-,51-,52+,53+,54-,55+,56-,57-,58-,59-,60-,61-,62-/m0/s1. The Hall–Kier alpha value is -3.72. The van der Waals surface area contributed by atoms with Crippen molar-refractivity contribution >= 4 is 23.6 Å². The lowest BCUT2D eigenvalue weighted by molar-refractivity contribution is -0.402. The molecule has 9 fully saturated rings. The van der Waals surface area contributed by atoms with Crippen LogP contribution in [-0.2, 0) is 99.7 Å². The molecule has 110 heavy (non-hydrogen) atoms. The maximum atomic E-state index is 13.2. The van der Waals surface area contributed by atoms with Gasteiger partial charge in [-0.1, -0.05) is 0 Å². The van der Waals surface area contributed by atoms with E-state index in [1.807, 2.05) is 0 Å². The van der Waals surface area contributed by atoms with Crippen LogP contribution in [0.5, 0.6) is 0 Å². The van der Waals surface area contributed by atoms with Crippen LogP contribution in [0.25, 0.3) is 0 Å². The van der Waals surface area contributed by atoms with E-state index in [1.54, 1.807) is 0 Å². The molecule has 0 spiro atoms. The van der Waals surface area contributed by atoms with E-state index in [2.05, 4.69) is 21.3 Å². The second kappa shape index (κ2) is 39.0. The topological polar surface area (TPSA) is 739 Å². The van der Waals surface area contributed by atoms with Crippen LogP contribution in [0.1, 0.15) is 41.5 Å². The summed E-state index contributed by atoms with van der Waals surface area (Å²) in [4.78, 5) is 51.5. The first-order valence-electron chi connectivity index (χ1n) is 35.3. The summed E-state index contributed by atoms with van der Waals surface area (Å²) in [5, 5.41) is 265. The fourth-order valence-corrected chi connectivity index (χ4v) is 14.3. The van der Waals surface area contributed by atoms with Crippen LogP contribution in [0.2, 0.25) is 0 Å². The average Bonchev–Trinajstić information content (AvgIpc) is 0.789. The minimum absolute atomic E-state index is 0.836. The van der Waals surface area contributed by atoms with Crippen molar-refractivity contribution < 1.29 is 217 Å². The van der Waals surface area contributed by atoms with Crippen molar-refractivity contribution in [3.63, 3.8) is 0 Å². The summed E-state index contributed by atoms with van der Waals surface area (Å²) in [6.45, 7) is -1.12. The van der Waals surface area contributed by atoms with E-state index in [0.29, 0.717) is 0 Å². The van der Waals surface area contributed by atoms with Gasteiger partial charge in [-0.2, -0.15) is 0 Å². The van der Waals surface area contributed by atoms with Crippen molar-refractivity contribution in [2.24, 2.45) is 0 Å². The number of rotatable bonds is 27. The first kappa shape index (κ1) is 90.2. The lowest BCUT2D eigenvalue weighted by Gasteiger charge is -2.52. The van der Waals surface area contributed by atoms with Crippen LogP contribution in [0.3, 0.4) is 0 Å². The third-order valence-electron chi connectivity index (χ3n) is 20.3. The van der Waals surface area contributed by atoms with Gasteiger partial charge in [-0.05, 0) is 13.8 Å². The predicted octanol–water partition coefficient (Wildman–Crippen LogP) is -18.0. The third kappa shape index (κ3) is 19.8. The van der Waals surface area contributed by atoms with Gasteiger partial charge in [-0.25, -0.2) is 0 Å². The molecular weight excluding hydrogens is 1500 g/mol. The SMILES string of the molecule is CC(=O)N[C@@H]1[C@@H](O[C@@H]2O[C@H](CO)[C@H](O)[C@H](O[C@@H]3O[C@H](CO)[C@@H](O)[C@H](O)[C@H]3NC(C)=O)[C@H]2O[C@@H]2O[C@@H](C)[C@@H](O)[C@@H](O)[C@@H]2O)[C@@H](O)[C@@H](CO[C@@H]2O[C@H](CO)[C@@H](O[C@@H]3O[C@H](CO)[C@H](O)[C@H](O[C@@H]4O[C@H](CO)[C@@H](O[C@@H]5O[C@H](CO)[C@H](O)[C@H](O)[C@H]5O)[C@H](O)[C@H]4NC(C)=O)[C@H]3O[C@@H]3O[C@@H](C)[C@@H](O)[C@@H](O)[C@@H]3O)[C@H](O)[C@H]2NC(C)=O)O[C@@H]1O. The smallest absolute Gasteiger partial charge is 0.217 e. The molecule has 0 aromatic carbocycles. The first-order chi connectivity index (χ1) is 51.9. The first-order valence-corrected chi connectivity index (χ1v) is 35.3. The van der Waals surface area contributed by atoms with Crippen molar-refractivity contribution in [1.82, 2.24) is 21.3 Å². The van der Waals surface area contributed by atoms with E-state index < -0.39 is 346 Å². The lowest BCUT2D eigenvalue weighted by atomic mass is 9.93. The van der Waals surface area contributed by atoms with Gasteiger partial charge in [-0.3, -0.25) is 19.2 Å². The Bertz CT molecular complexity index is 2930. The van der Waals surface area contributed by atoms with Crippen LogP contribution in [-0.4, -0.2) is 463 Å². The Morgan fingerprint density at radius 3 is 0.945 bits per heavy atom. The van der Waals surface area contributed by atoms with Crippen molar-refractivity contribution in [1.29, 1.82) is 0 Å². The molecule has 0 bridgehead atoms. The van der Waals surface area contributed by atoms with Crippen molar-refractivity contribution in [2.75, 3.05) is 46.2 Å². The Kier molecular flexibility index (Phi) is 32.0. The lowest BCUT2D eigenvalue weighted by Crippen LogP contribution is -2.71. The molecule has 48 heteroatoms. The molecule has 9 saturated heterocycles. The summed E-state index contributed by atoms with van der Waals surface area (Å²) in [5.41, 5.74) is 0. The number of aliphatic hydroxyl groups is 23. The molecule has 9 rings (SSSR count). The fourth-order valence-electron chi connectivity index (χ4n) is 14.3. The summed E-state index contributed by atoms with van der Waals surface area (Å²) in [5.74, 6) is -3.61. The molecule has 9 aliphatic rings. The van der Waals surface area contributed by atoms with E-state index in [-0.39, 0.29) is 0 Å². The molecule has 0 aromatic rings. The Morgan fingerprint density at radius 2 is 0.536 bits per heavy atom. The monoisotopic (exact) mass is 1610 g/mol. The summed E-state index contributed by atoms with van der Waals surface area (Å²) < 4.78 is 102.